The zero-order valence-corrected chi connectivity index (χ0v) is 20.6. The summed E-state index contributed by atoms with van der Waals surface area (Å²) in [5.41, 5.74) is -0.391. The van der Waals surface area contributed by atoms with Gasteiger partial charge in [-0.1, -0.05) is 30.9 Å². The molecular formula is C25H30ClF2N3O3. The summed E-state index contributed by atoms with van der Waals surface area (Å²) in [4.78, 5) is 29.6. The summed E-state index contributed by atoms with van der Waals surface area (Å²) in [7, 11) is 0. The Kier molecular flexibility index (Phi) is 8.13. The summed E-state index contributed by atoms with van der Waals surface area (Å²) in [5.74, 6) is -2.35. The Bertz CT molecular complexity index is 1050. The van der Waals surface area contributed by atoms with Gasteiger partial charge >= 0.3 is 6.09 Å². The Balaban J connectivity index is 1.85. The molecule has 9 heteroatoms. The lowest BCUT2D eigenvalue weighted by Gasteiger charge is -2.31. The third-order valence-corrected chi connectivity index (χ3v) is 6.06. The Morgan fingerprint density at radius 3 is 2.44 bits per heavy atom. The molecule has 1 heterocycles. The van der Waals surface area contributed by atoms with Crippen molar-refractivity contribution in [3.8, 4) is 11.1 Å². The van der Waals surface area contributed by atoms with Gasteiger partial charge in [0.1, 0.15) is 23.3 Å². The first-order chi connectivity index (χ1) is 16.0. The van der Waals surface area contributed by atoms with Crippen LogP contribution in [0.4, 0.5) is 19.3 Å². The zero-order valence-electron chi connectivity index (χ0n) is 19.8. The Morgan fingerprint density at radius 1 is 1.15 bits per heavy atom. The molecule has 0 bridgehead atoms. The van der Waals surface area contributed by atoms with E-state index < -0.39 is 35.3 Å². The first kappa shape index (κ1) is 25.9. The molecule has 3 rings (SSSR count). The average molecular weight is 494 g/mol. The second-order valence-corrected chi connectivity index (χ2v) is 9.98. The van der Waals surface area contributed by atoms with Crippen LogP contribution in [0.3, 0.4) is 0 Å². The number of benzene rings is 1. The van der Waals surface area contributed by atoms with Crippen molar-refractivity contribution in [1.82, 2.24) is 10.3 Å². The van der Waals surface area contributed by atoms with Gasteiger partial charge in [0.25, 0.3) is 0 Å². The van der Waals surface area contributed by atoms with Gasteiger partial charge < -0.3 is 15.4 Å². The highest BCUT2D eigenvalue weighted by molar-refractivity contribution is 6.33. The molecule has 1 aliphatic carbocycles. The average Bonchev–Trinajstić information content (AvgIpc) is 2.74. The SMILES string of the molecule is Cc1nccc(Cl)c1-c1cc(F)c(NC(=O)C(NC(=O)OC(C)(C)C)C2CCCCC2)cc1F. The van der Waals surface area contributed by atoms with E-state index in [0.29, 0.717) is 5.69 Å². The quantitative estimate of drug-likeness (QED) is 0.505. The lowest BCUT2D eigenvalue weighted by molar-refractivity contribution is -0.119. The number of pyridine rings is 1. The highest BCUT2D eigenvalue weighted by Gasteiger charge is 2.33. The molecule has 1 aliphatic rings. The maximum Gasteiger partial charge on any atom is 0.408 e. The van der Waals surface area contributed by atoms with Gasteiger partial charge in [0, 0.05) is 29.1 Å². The van der Waals surface area contributed by atoms with Gasteiger partial charge in [-0.3, -0.25) is 9.78 Å². The number of ether oxygens (including phenoxy) is 1. The van der Waals surface area contributed by atoms with Crippen molar-refractivity contribution in [2.24, 2.45) is 5.92 Å². The number of carbonyl (C=O) groups is 2. The Labute approximate surface area is 203 Å². The van der Waals surface area contributed by atoms with Crippen LogP contribution in [-0.4, -0.2) is 28.6 Å². The summed E-state index contributed by atoms with van der Waals surface area (Å²) in [6.07, 6.45) is 5.12. The minimum Gasteiger partial charge on any atom is -0.444 e. The molecule has 34 heavy (non-hydrogen) atoms. The minimum atomic E-state index is -0.938. The van der Waals surface area contributed by atoms with Gasteiger partial charge in [-0.15, -0.1) is 0 Å². The van der Waals surface area contributed by atoms with E-state index in [1.807, 2.05) is 0 Å². The van der Waals surface area contributed by atoms with Crippen LogP contribution in [0, 0.1) is 24.5 Å². The Morgan fingerprint density at radius 2 is 1.82 bits per heavy atom. The van der Waals surface area contributed by atoms with E-state index in [-0.39, 0.29) is 27.8 Å². The van der Waals surface area contributed by atoms with Gasteiger partial charge in [-0.2, -0.15) is 0 Å². The van der Waals surface area contributed by atoms with Crippen LogP contribution in [-0.2, 0) is 9.53 Å². The summed E-state index contributed by atoms with van der Waals surface area (Å²) in [6, 6.07) is 2.45. The lowest BCUT2D eigenvalue weighted by Crippen LogP contribution is -2.50. The number of alkyl carbamates (subject to hydrolysis) is 1. The fourth-order valence-corrected chi connectivity index (χ4v) is 4.50. The van der Waals surface area contributed by atoms with Crippen LogP contribution in [0.2, 0.25) is 5.02 Å². The molecule has 184 valence electrons. The molecule has 0 saturated heterocycles. The molecular weight excluding hydrogens is 464 g/mol. The third-order valence-electron chi connectivity index (χ3n) is 5.75. The number of anilines is 1. The number of amides is 2. The molecule has 2 amide bonds. The summed E-state index contributed by atoms with van der Waals surface area (Å²) >= 11 is 6.18. The third kappa shape index (κ3) is 6.44. The van der Waals surface area contributed by atoms with E-state index in [2.05, 4.69) is 15.6 Å². The van der Waals surface area contributed by atoms with Gasteiger partial charge in [0.2, 0.25) is 5.91 Å². The summed E-state index contributed by atoms with van der Waals surface area (Å²) < 4.78 is 35.3. The maximum absolute atomic E-state index is 15.0. The molecule has 0 spiro atoms. The molecule has 1 fully saturated rings. The van der Waals surface area contributed by atoms with Crippen LogP contribution < -0.4 is 10.6 Å². The molecule has 1 aromatic heterocycles. The van der Waals surface area contributed by atoms with Crippen molar-refractivity contribution in [2.75, 3.05) is 5.32 Å². The maximum atomic E-state index is 15.0. The molecule has 1 unspecified atom stereocenters. The second kappa shape index (κ2) is 10.7. The summed E-state index contributed by atoms with van der Waals surface area (Å²) in [6.45, 7) is 6.81. The number of hydrogen-bond donors (Lipinski definition) is 2. The van der Waals surface area contributed by atoms with E-state index in [1.54, 1.807) is 27.7 Å². The van der Waals surface area contributed by atoms with Crippen LogP contribution in [0.5, 0.6) is 0 Å². The normalized spacial score (nSPS) is 15.5. The van der Waals surface area contributed by atoms with Crippen LogP contribution in [0.25, 0.3) is 11.1 Å². The first-order valence-electron chi connectivity index (χ1n) is 11.4. The highest BCUT2D eigenvalue weighted by Crippen LogP contribution is 2.34. The van der Waals surface area contributed by atoms with Crippen molar-refractivity contribution in [3.63, 3.8) is 0 Å². The highest BCUT2D eigenvalue weighted by atomic mass is 35.5. The molecule has 6 nitrogen and oxygen atoms in total. The van der Waals surface area contributed by atoms with Gasteiger partial charge in [-0.05, 0) is 58.6 Å². The second-order valence-electron chi connectivity index (χ2n) is 9.58. The van der Waals surface area contributed by atoms with Gasteiger partial charge in [-0.25, -0.2) is 13.6 Å². The molecule has 1 atom stereocenters. The number of aryl methyl sites for hydroxylation is 1. The van der Waals surface area contributed by atoms with Gasteiger partial charge in [0.15, 0.2) is 0 Å². The molecule has 0 radical (unpaired) electrons. The lowest BCUT2D eigenvalue weighted by atomic mass is 9.83. The predicted octanol–water partition coefficient (Wildman–Crippen LogP) is 6.40. The van der Waals surface area contributed by atoms with Crippen LogP contribution >= 0.6 is 11.6 Å². The van der Waals surface area contributed by atoms with Gasteiger partial charge in [0.05, 0.1) is 10.7 Å². The van der Waals surface area contributed by atoms with Crippen molar-refractivity contribution < 1.29 is 23.1 Å². The number of aromatic nitrogens is 1. The number of nitrogens with zero attached hydrogens (tertiary/aromatic N) is 1. The van der Waals surface area contributed by atoms with Crippen LogP contribution in [0.15, 0.2) is 24.4 Å². The van der Waals surface area contributed by atoms with Crippen molar-refractivity contribution in [2.45, 2.75) is 71.4 Å². The van der Waals surface area contributed by atoms with E-state index in [9.17, 15) is 18.4 Å². The number of nitrogens with one attached hydrogen (secondary N) is 2. The smallest absolute Gasteiger partial charge is 0.408 e. The number of hydrogen-bond acceptors (Lipinski definition) is 4. The molecule has 0 aliphatic heterocycles. The number of halogens is 3. The fourth-order valence-electron chi connectivity index (χ4n) is 4.20. The number of carbonyl (C=O) groups excluding carboxylic acids is 2. The van der Waals surface area contributed by atoms with E-state index >= 15 is 0 Å². The molecule has 2 aromatic rings. The van der Waals surface area contributed by atoms with E-state index in [0.717, 1.165) is 44.2 Å². The monoisotopic (exact) mass is 493 g/mol. The first-order valence-corrected chi connectivity index (χ1v) is 11.7. The molecule has 1 saturated carbocycles. The molecule has 2 N–H and O–H groups in total. The van der Waals surface area contributed by atoms with Crippen molar-refractivity contribution in [1.29, 1.82) is 0 Å². The Hall–Kier alpha value is -2.74. The fraction of sp³-hybridized carbons (Fsp3) is 0.480. The largest absolute Gasteiger partial charge is 0.444 e. The van der Waals surface area contributed by atoms with Crippen molar-refractivity contribution in [3.05, 3.63) is 46.7 Å². The standard InChI is InChI=1S/C25H30ClF2N3O3/c1-14-21(17(26)10-11-29-14)16-12-19(28)20(13-18(16)27)30-23(32)22(15-8-6-5-7-9-15)31-24(33)34-25(2,3)4/h10-13,15,22H,5-9H2,1-4H3,(H,30,32)(H,31,33). The summed E-state index contributed by atoms with van der Waals surface area (Å²) in [5, 5.41) is 5.32. The van der Waals surface area contributed by atoms with E-state index in [4.69, 9.17) is 16.3 Å². The topological polar surface area (TPSA) is 80.3 Å². The molecule has 1 aromatic carbocycles. The van der Waals surface area contributed by atoms with Crippen molar-refractivity contribution >= 4 is 29.3 Å². The predicted molar refractivity (Wildman–Crippen MR) is 128 cm³/mol. The van der Waals surface area contributed by atoms with E-state index in [1.165, 1.54) is 12.3 Å². The minimum absolute atomic E-state index is 0.0539. The number of rotatable bonds is 5. The van der Waals surface area contributed by atoms with Crippen LogP contribution in [0.1, 0.15) is 58.6 Å². The zero-order chi connectivity index (χ0) is 25.0.